The van der Waals surface area contributed by atoms with Crippen LogP contribution >= 0.6 is 11.6 Å². The average Bonchev–Trinajstić information content (AvgIpc) is 2.60. The quantitative estimate of drug-likeness (QED) is 0.870. The molecular formula is C19H21ClN2O2. The minimum Gasteiger partial charge on any atom is -0.492 e. The molecule has 1 heterocycles. The Morgan fingerprint density at radius 2 is 2.12 bits per heavy atom. The van der Waals surface area contributed by atoms with Crippen LogP contribution in [0.1, 0.15) is 18.1 Å². The summed E-state index contributed by atoms with van der Waals surface area (Å²) in [6.45, 7) is 4.06. The predicted octanol–water partition coefficient (Wildman–Crippen LogP) is 3.64. The van der Waals surface area contributed by atoms with Crippen molar-refractivity contribution in [3.05, 3.63) is 58.6 Å². The van der Waals surface area contributed by atoms with Gasteiger partial charge in [0.15, 0.2) is 0 Å². The fraction of sp³-hybridized carbons (Fsp3) is 0.316. The Morgan fingerprint density at radius 3 is 2.96 bits per heavy atom. The lowest BCUT2D eigenvalue weighted by molar-refractivity contribution is -0.121. The third kappa shape index (κ3) is 3.89. The molecule has 126 valence electrons. The van der Waals surface area contributed by atoms with Crippen molar-refractivity contribution in [1.82, 2.24) is 5.32 Å². The van der Waals surface area contributed by atoms with Gasteiger partial charge >= 0.3 is 0 Å². The summed E-state index contributed by atoms with van der Waals surface area (Å²) in [4.78, 5) is 12.6. The Morgan fingerprint density at radius 1 is 1.29 bits per heavy atom. The number of carbonyl (C=O) groups is 1. The summed E-state index contributed by atoms with van der Waals surface area (Å²) in [6, 6.07) is 13.4. The van der Waals surface area contributed by atoms with E-state index in [2.05, 4.69) is 17.6 Å². The predicted molar refractivity (Wildman–Crippen MR) is 96.6 cm³/mol. The molecule has 4 nitrogen and oxygen atoms in total. The number of para-hydroxylation sites is 1. The lowest BCUT2D eigenvalue weighted by Gasteiger charge is -2.25. The zero-order valence-corrected chi connectivity index (χ0v) is 14.4. The molecule has 1 amide bonds. The Bertz CT molecular complexity index is 733. The van der Waals surface area contributed by atoms with Crippen LogP contribution in [0.4, 0.5) is 5.69 Å². The number of carbonyl (C=O) groups excluding carboxylic acids is 1. The molecule has 2 N–H and O–H groups in total. The van der Waals surface area contributed by atoms with Crippen LogP contribution in [0.5, 0.6) is 5.75 Å². The van der Waals surface area contributed by atoms with Gasteiger partial charge in [0.05, 0.1) is 5.92 Å². The number of fused-ring (bicyclic) bond motifs is 1. The Labute approximate surface area is 147 Å². The van der Waals surface area contributed by atoms with Crippen LogP contribution in [-0.2, 0) is 17.8 Å². The van der Waals surface area contributed by atoms with Gasteiger partial charge in [-0.15, -0.1) is 0 Å². The highest BCUT2D eigenvalue weighted by atomic mass is 35.5. The van der Waals surface area contributed by atoms with Crippen LogP contribution in [0.25, 0.3) is 0 Å². The first-order valence-corrected chi connectivity index (χ1v) is 8.56. The standard InChI is InChI=1S/C19H21ClN2O2/c1-2-21-11-13-5-3-4-6-17(13)22-19(23)15-9-14-10-16(20)7-8-18(14)24-12-15/h3-8,10,15,21H,2,9,11-12H2,1H3,(H,22,23). The summed E-state index contributed by atoms with van der Waals surface area (Å²) in [6.07, 6.45) is 0.636. The molecule has 3 rings (SSSR count). The highest BCUT2D eigenvalue weighted by molar-refractivity contribution is 6.30. The van der Waals surface area contributed by atoms with Crippen molar-refractivity contribution in [2.24, 2.45) is 5.92 Å². The van der Waals surface area contributed by atoms with Crippen LogP contribution < -0.4 is 15.4 Å². The minimum absolute atomic E-state index is 0.0235. The number of hydrogen-bond acceptors (Lipinski definition) is 3. The molecule has 1 aliphatic rings. The van der Waals surface area contributed by atoms with Gasteiger partial charge in [-0.2, -0.15) is 0 Å². The van der Waals surface area contributed by atoms with E-state index < -0.39 is 0 Å². The molecule has 0 spiro atoms. The molecular weight excluding hydrogens is 324 g/mol. The number of benzene rings is 2. The molecule has 0 saturated heterocycles. The molecule has 24 heavy (non-hydrogen) atoms. The smallest absolute Gasteiger partial charge is 0.231 e. The monoisotopic (exact) mass is 344 g/mol. The number of nitrogens with one attached hydrogen (secondary N) is 2. The third-order valence-corrected chi connectivity index (χ3v) is 4.38. The Balaban J connectivity index is 1.70. The molecule has 0 saturated carbocycles. The summed E-state index contributed by atoms with van der Waals surface area (Å²) in [5.41, 5.74) is 2.91. The molecule has 0 radical (unpaired) electrons. The topological polar surface area (TPSA) is 50.4 Å². The van der Waals surface area contributed by atoms with E-state index in [-0.39, 0.29) is 11.8 Å². The maximum atomic E-state index is 12.6. The van der Waals surface area contributed by atoms with E-state index in [9.17, 15) is 4.79 Å². The van der Waals surface area contributed by atoms with Gasteiger partial charge in [-0.1, -0.05) is 36.7 Å². The van der Waals surface area contributed by atoms with Crippen molar-refractivity contribution in [3.63, 3.8) is 0 Å². The van der Waals surface area contributed by atoms with E-state index in [1.54, 1.807) is 6.07 Å². The fourth-order valence-corrected chi connectivity index (χ4v) is 3.02. The average molecular weight is 345 g/mol. The van der Waals surface area contributed by atoms with Gasteiger partial charge < -0.3 is 15.4 Å². The molecule has 0 fully saturated rings. The van der Waals surface area contributed by atoms with E-state index in [4.69, 9.17) is 16.3 Å². The molecule has 0 aromatic heterocycles. The summed E-state index contributed by atoms with van der Waals surface area (Å²) in [7, 11) is 0. The van der Waals surface area contributed by atoms with Crippen LogP contribution in [0.15, 0.2) is 42.5 Å². The lowest BCUT2D eigenvalue weighted by atomic mass is 9.96. The first-order valence-electron chi connectivity index (χ1n) is 8.18. The Kier molecular flexibility index (Phi) is 5.38. The molecule has 1 unspecified atom stereocenters. The highest BCUT2D eigenvalue weighted by Gasteiger charge is 2.26. The molecule has 1 atom stereocenters. The summed E-state index contributed by atoms with van der Waals surface area (Å²) in [5, 5.41) is 6.99. The normalized spacial score (nSPS) is 16.2. The highest BCUT2D eigenvalue weighted by Crippen LogP contribution is 2.30. The second-order valence-corrected chi connectivity index (χ2v) is 6.33. The number of rotatable bonds is 5. The first-order chi connectivity index (χ1) is 11.7. The summed E-state index contributed by atoms with van der Waals surface area (Å²) >= 11 is 6.04. The fourth-order valence-electron chi connectivity index (χ4n) is 2.82. The van der Waals surface area contributed by atoms with Gasteiger partial charge in [0.1, 0.15) is 12.4 Å². The van der Waals surface area contributed by atoms with E-state index >= 15 is 0 Å². The number of amides is 1. The van der Waals surface area contributed by atoms with Crippen molar-refractivity contribution in [3.8, 4) is 5.75 Å². The van der Waals surface area contributed by atoms with Gasteiger partial charge in [-0.25, -0.2) is 0 Å². The van der Waals surface area contributed by atoms with Gasteiger partial charge in [0, 0.05) is 17.3 Å². The van der Waals surface area contributed by atoms with Crippen LogP contribution in [0.3, 0.4) is 0 Å². The number of ether oxygens (including phenoxy) is 1. The largest absolute Gasteiger partial charge is 0.492 e. The third-order valence-electron chi connectivity index (χ3n) is 4.14. The SMILES string of the molecule is CCNCc1ccccc1NC(=O)C1COc2ccc(Cl)cc2C1. The van der Waals surface area contributed by atoms with Gasteiger partial charge in [-0.05, 0) is 48.4 Å². The molecule has 5 heteroatoms. The number of halogens is 1. The van der Waals surface area contributed by atoms with Gasteiger partial charge in [-0.3, -0.25) is 4.79 Å². The first kappa shape index (κ1) is 16.8. The second kappa shape index (κ2) is 7.69. The van der Waals surface area contributed by atoms with Crippen LogP contribution in [0.2, 0.25) is 5.02 Å². The summed E-state index contributed by atoms with van der Waals surface area (Å²) < 4.78 is 5.71. The molecule has 0 bridgehead atoms. The van der Waals surface area contributed by atoms with Crippen molar-refractivity contribution < 1.29 is 9.53 Å². The van der Waals surface area contributed by atoms with Gasteiger partial charge in [0.25, 0.3) is 0 Å². The van der Waals surface area contributed by atoms with Crippen LogP contribution in [0, 0.1) is 5.92 Å². The minimum atomic E-state index is -0.219. The molecule has 2 aromatic rings. The van der Waals surface area contributed by atoms with Crippen molar-refractivity contribution in [2.45, 2.75) is 19.9 Å². The van der Waals surface area contributed by atoms with E-state index in [0.717, 1.165) is 35.7 Å². The van der Waals surface area contributed by atoms with E-state index in [0.29, 0.717) is 18.1 Å². The zero-order valence-electron chi connectivity index (χ0n) is 13.6. The van der Waals surface area contributed by atoms with Crippen LogP contribution in [-0.4, -0.2) is 19.1 Å². The van der Waals surface area contributed by atoms with E-state index in [1.165, 1.54) is 0 Å². The maximum absolute atomic E-state index is 12.6. The van der Waals surface area contributed by atoms with Crippen molar-refractivity contribution >= 4 is 23.2 Å². The zero-order chi connectivity index (χ0) is 16.9. The van der Waals surface area contributed by atoms with Crippen molar-refractivity contribution in [2.75, 3.05) is 18.5 Å². The molecule has 1 aliphatic heterocycles. The number of anilines is 1. The molecule has 0 aliphatic carbocycles. The molecule has 2 aromatic carbocycles. The van der Waals surface area contributed by atoms with Gasteiger partial charge in [0.2, 0.25) is 5.91 Å². The maximum Gasteiger partial charge on any atom is 0.231 e. The van der Waals surface area contributed by atoms with E-state index in [1.807, 2.05) is 36.4 Å². The number of hydrogen-bond donors (Lipinski definition) is 2. The Hall–Kier alpha value is -2.04. The second-order valence-electron chi connectivity index (χ2n) is 5.89. The summed E-state index contributed by atoms with van der Waals surface area (Å²) in [5.74, 6) is 0.573. The lowest BCUT2D eigenvalue weighted by Crippen LogP contribution is -2.33. The van der Waals surface area contributed by atoms with Crippen molar-refractivity contribution in [1.29, 1.82) is 0 Å².